The van der Waals surface area contributed by atoms with E-state index in [9.17, 15) is 19.2 Å². The molecule has 0 spiro atoms. The number of aromatic nitrogens is 1. The molecule has 0 fully saturated rings. The second kappa shape index (κ2) is 13.1. The Balaban J connectivity index is 1.62. The maximum Gasteiger partial charge on any atom is 0.350 e. The maximum absolute atomic E-state index is 12.8. The molecule has 0 bridgehead atoms. The number of nitrogens with one attached hydrogen (secondary N) is 2. The summed E-state index contributed by atoms with van der Waals surface area (Å²) >= 11 is 1.03. The van der Waals surface area contributed by atoms with Crippen LogP contribution in [0.4, 0.5) is 5.13 Å². The van der Waals surface area contributed by atoms with Crippen molar-refractivity contribution in [3.63, 3.8) is 0 Å². The fourth-order valence-corrected chi connectivity index (χ4v) is 4.16. The molecule has 3 aromatic rings. The van der Waals surface area contributed by atoms with Gasteiger partial charge in [-0.1, -0.05) is 53.8 Å². The lowest BCUT2D eigenvalue weighted by Gasteiger charge is -2.08. The van der Waals surface area contributed by atoms with E-state index in [2.05, 4.69) is 15.6 Å². The summed E-state index contributed by atoms with van der Waals surface area (Å²) in [4.78, 5) is 53.7. The topological polar surface area (TPSA) is 124 Å². The normalized spacial score (nSPS) is 10.7. The Bertz CT molecular complexity index is 1320. The number of esters is 2. The van der Waals surface area contributed by atoms with Gasteiger partial charge in [0.15, 0.2) is 5.13 Å². The number of amides is 2. The minimum atomic E-state index is -0.565. The Morgan fingerprint density at radius 2 is 1.68 bits per heavy atom. The third-order valence-electron chi connectivity index (χ3n) is 5.05. The van der Waals surface area contributed by atoms with Gasteiger partial charge in [-0.15, -0.1) is 0 Å². The zero-order valence-corrected chi connectivity index (χ0v) is 21.5. The van der Waals surface area contributed by atoms with Gasteiger partial charge in [0, 0.05) is 18.5 Å². The Kier molecular flexibility index (Phi) is 9.68. The van der Waals surface area contributed by atoms with Gasteiger partial charge in [0.25, 0.3) is 5.91 Å². The number of rotatable bonds is 10. The van der Waals surface area contributed by atoms with Crippen LogP contribution in [0.5, 0.6) is 0 Å². The quantitative estimate of drug-likeness (QED) is 0.300. The summed E-state index contributed by atoms with van der Waals surface area (Å²) in [6, 6.07) is 14.3. The number of carbonyl (C=O) groups is 4. The molecule has 1 aromatic heterocycles. The highest BCUT2D eigenvalue weighted by Gasteiger charge is 2.18. The van der Waals surface area contributed by atoms with Gasteiger partial charge in [0.05, 0.1) is 25.0 Å². The molecule has 192 valence electrons. The SMILES string of the molecule is CCOC(=O)c1sc(NC(=O)CCNC(=O)c2cc(/C=C/c3ccccc3)cc(C(=O)OC)c2)nc1C. The van der Waals surface area contributed by atoms with Crippen molar-refractivity contribution in [2.45, 2.75) is 20.3 Å². The van der Waals surface area contributed by atoms with Crippen molar-refractivity contribution in [2.24, 2.45) is 0 Å². The zero-order valence-electron chi connectivity index (χ0n) is 20.7. The van der Waals surface area contributed by atoms with Gasteiger partial charge in [-0.25, -0.2) is 14.6 Å². The second-order valence-corrected chi connectivity index (χ2v) is 8.79. The summed E-state index contributed by atoms with van der Waals surface area (Å²) < 4.78 is 9.79. The van der Waals surface area contributed by atoms with Crippen molar-refractivity contribution in [1.29, 1.82) is 0 Å². The summed E-state index contributed by atoms with van der Waals surface area (Å²) in [7, 11) is 1.27. The van der Waals surface area contributed by atoms with Crippen molar-refractivity contribution in [2.75, 3.05) is 25.6 Å². The van der Waals surface area contributed by atoms with Gasteiger partial charge in [-0.05, 0) is 43.2 Å². The van der Waals surface area contributed by atoms with E-state index in [1.807, 2.05) is 36.4 Å². The second-order valence-electron chi connectivity index (χ2n) is 7.79. The molecule has 0 atom stereocenters. The van der Waals surface area contributed by atoms with Crippen LogP contribution >= 0.6 is 11.3 Å². The molecule has 2 N–H and O–H groups in total. The highest BCUT2D eigenvalue weighted by atomic mass is 32.1. The van der Waals surface area contributed by atoms with Crippen molar-refractivity contribution < 1.29 is 28.7 Å². The van der Waals surface area contributed by atoms with Crippen LogP contribution in [0.15, 0.2) is 48.5 Å². The van der Waals surface area contributed by atoms with Crippen LogP contribution in [-0.4, -0.2) is 49.0 Å². The molecule has 0 radical (unpaired) electrons. The lowest BCUT2D eigenvalue weighted by atomic mass is 10.0. The molecular weight excluding hydrogens is 494 g/mol. The first-order valence-electron chi connectivity index (χ1n) is 11.5. The number of hydrogen-bond acceptors (Lipinski definition) is 8. The van der Waals surface area contributed by atoms with Gasteiger partial charge in [0.1, 0.15) is 4.88 Å². The molecule has 0 unspecified atom stereocenters. The zero-order chi connectivity index (χ0) is 26.8. The number of thiazole rings is 1. The average molecular weight is 522 g/mol. The molecule has 2 amide bonds. The summed E-state index contributed by atoms with van der Waals surface area (Å²) in [5, 5.41) is 5.59. The highest BCUT2D eigenvalue weighted by molar-refractivity contribution is 7.17. The molecule has 0 saturated heterocycles. The number of hydrogen-bond donors (Lipinski definition) is 2. The van der Waals surface area contributed by atoms with Gasteiger partial charge < -0.3 is 20.1 Å². The van der Waals surface area contributed by atoms with Crippen molar-refractivity contribution in [1.82, 2.24) is 10.3 Å². The van der Waals surface area contributed by atoms with Gasteiger partial charge in [-0.3, -0.25) is 9.59 Å². The van der Waals surface area contributed by atoms with Crippen LogP contribution in [-0.2, 0) is 14.3 Å². The number of carbonyl (C=O) groups excluding carboxylic acids is 4. The molecule has 0 saturated carbocycles. The number of benzene rings is 2. The fraction of sp³-hybridized carbons (Fsp3) is 0.222. The summed E-state index contributed by atoms with van der Waals surface area (Å²) in [6.07, 6.45) is 3.65. The minimum absolute atomic E-state index is 0.0173. The molecule has 0 aliphatic heterocycles. The third kappa shape index (κ3) is 7.84. The number of aryl methyl sites for hydroxylation is 1. The predicted octanol–water partition coefficient (Wildman–Crippen LogP) is 4.34. The largest absolute Gasteiger partial charge is 0.465 e. The summed E-state index contributed by atoms with van der Waals surface area (Å²) in [6.45, 7) is 3.66. The van der Waals surface area contributed by atoms with Crippen LogP contribution in [0.2, 0.25) is 0 Å². The number of anilines is 1. The van der Waals surface area contributed by atoms with Gasteiger partial charge in [-0.2, -0.15) is 0 Å². The van der Waals surface area contributed by atoms with E-state index in [0.29, 0.717) is 16.1 Å². The van der Waals surface area contributed by atoms with Crippen molar-refractivity contribution in [3.8, 4) is 0 Å². The van der Waals surface area contributed by atoms with E-state index < -0.39 is 17.8 Å². The predicted molar refractivity (Wildman–Crippen MR) is 142 cm³/mol. The first-order chi connectivity index (χ1) is 17.8. The molecule has 2 aromatic carbocycles. The molecule has 0 aliphatic carbocycles. The summed E-state index contributed by atoms with van der Waals surface area (Å²) in [5.74, 6) is -1.87. The number of nitrogens with zero attached hydrogens (tertiary/aromatic N) is 1. The standard InChI is InChI=1S/C27H27N3O6S/c1-4-36-26(34)23-17(2)29-27(37-23)30-22(31)12-13-28-24(32)20-14-19(15-21(16-20)25(33)35-3)11-10-18-8-6-5-7-9-18/h5-11,14-16H,4,12-13H2,1-3H3,(H,28,32)(H,29,30,31)/b11-10+. The maximum atomic E-state index is 12.8. The van der Waals surface area contributed by atoms with E-state index in [4.69, 9.17) is 9.47 Å². The first-order valence-corrected chi connectivity index (χ1v) is 12.3. The first kappa shape index (κ1) is 27.3. The van der Waals surface area contributed by atoms with E-state index >= 15 is 0 Å². The minimum Gasteiger partial charge on any atom is -0.465 e. The average Bonchev–Trinajstić information content (AvgIpc) is 3.27. The van der Waals surface area contributed by atoms with Gasteiger partial charge >= 0.3 is 11.9 Å². The lowest BCUT2D eigenvalue weighted by Crippen LogP contribution is -2.28. The Labute approximate surface area is 218 Å². The van der Waals surface area contributed by atoms with E-state index in [1.165, 1.54) is 13.2 Å². The smallest absolute Gasteiger partial charge is 0.350 e. The number of ether oxygens (including phenoxy) is 2. The van der Waals surface area contributed by atoms with Crippen LogP contribution < -0.4 is 10.6 Å². The highest BCUT2D eigenvalue weighted by Crippen LogP contribution is 2.23. The van der Waals surface area contributed by atoms with Crippen LogP contribution in [0.3, 0.4) is 0 Å². The molecule has 10 heteroatoms. The lowest BCUT2D eigenvalue weighted by molar-refractivity contribution is -0.116. The molecule has 0 aliphatic rings. The van der Waals surface area contributed by atoms with Crippen LogP contribution in [0.1, 0.15) is 60.6 Å². The Morgan fingerprint density at radius 1 is 0.973 bits per heavy atom. The monoisotopic (exact) mass is 521 g/mol. The van der Waals surface area contributed by atoms with Crippen molar-refractivity contribution in [3.05, 3.63) is 81.4 Å². The molecule has 3 rings (SSSR count). The van der Waals surface area contributed by atoms with Crippen molar-refractivity contribution >= 4 is 52.4 Å². The van der Waals surface area contributed by atoms with E-state index in [-0.39, 0.29) is 41.7 Å². The van der Waals surface area contributed by atoms with E-state index in [1.54, 1.807) is 32.1 Å². The van der Waals surface area contributed by atoms with Gasteiger partial charge in [0.2, 0.25) is 5.91 Å². The Hall–Kier alpha value is -4.31. The third-order valence-corrected chi connectivity index (χ3v) is 6.10. The molecule has 9 nitrogen and oxygen atoms in total. The van der Waals surface area contributed by atoms with E-state index in [0.717, 1.165) is 16.9 Å². The summed E-state index contributed by atoms with van der Waals surface area (Å²) in [5.41, 5.74) is 2.57. The molecule has 1 heterocycles. The van der Waals surface area contributed by atoms with Crippen LogP contribution in [0, 0.1) is 6.92 Å². The van der Waals surface area contributed by atoms with Crippen LogP contribution in [0.25, 0.3) is 12.2 Å². The number of methoxy groups -OCH3 is 1. The Morgan fingerprint density at radius 3 is 2.38 bits per heavy atom. The molecular formula is C27H27N3O6S. The molecule has 37 heavy (non-hydrogen) atoms. The fourth-order valence-electron chi connectivity index (χ4n) is 3.28.